The van der Waals surface area contributed by atoms with Crippen LogP contribution in [0.4, 0.5) is 10.1 Å². The van der Waals surface area contributed by atoms with E-state index in [0.29, 0.717) is 5.56 Å². The van der Waals surface area contributed by atoms with E-state index in [4.69, 9.17) is 0 Å². The minimum absolute atomic E-state index is 0.680. The lowest BCUT2D eigenvalue weighted by Gasteiger charge is -2.16. The SMILES string of the molecule is CC/C=C(Nc1ccc(C(C)(C)F)cc1)/C(C)=C\C=NC. The molecule has 1 aromatic carbocycles. The van der Waals surface area contributed by atoms with Crippen LogP contribution in [0.1, 0.15) is 39.7 Å². The zero-order valence-electron chi connectivity index (χ0n) is 13.6. The highest BCUT2D eigenvalue weighted by Crippen LogP contribution is 2.26. The highest BCUT2D eigenvalue weighted by Gasteiger charge is 2.17. The second-order valence-corrected chi connectivity index (χ2v) is 5.46. The third-order valence-electron chi connectivity index (χ3n) is 3.16. The number of rotatable bonds is 6. The number of halogens is 1. The maximum atomic E-state index is 13.8. The van der Waals surface area contributed by atoms with Crippen LogP contribution in [0.15, 0.2) is 52.7 Å². The Balaban J connectivity index is 2.93. The van der Waals surface area contributed by atoms with Crippen LogP contribution in [0.3, 0.4) is 0 Å². The van der Waals surface area contributed by atoms with Gasteiger partial charge in [-0.3, -0.25) is 4.99 Å². The Hall–Kier alpha value is -1.90. The summed E-state index contributed by atoms with van der Waals surface area (Å²) in [4.78, 5) is 3.97. The molecule has 0 aliphatic carbocycles. The van der Waals surface area contributed by atoms with Crippen LogP contribution < -0.4 is 5.32 Å². The highest BCUT2D eigenvalue weighted by molar-refractivity contribution is 5.74. The molecule has 2 nitrogen and oxygen atoms in total. The zero-order chi connectivity index (χ0) is 15.9. The van der Waals surface area contributed by atoms with Gasteiger partial charge in [0.25, 0.3) is 0 Å². The van der Waals surface area contributed by atoms with E-state index in [0.717, 1.165) is 23.4 Å². The average Bonchev–Trinajstić information content (AvgIpc) is 2.44. The Labute approximate surface area is 127 Å². The molecule has 0 bridgehead atoms. The standard InChI is InChI=1S/C18H25FN2/c1-6-7-17(14(2)12-13-20-5)21-16-10-8-15(9-11-16)18(3,4)19/h7-13,21H,6H2,1-5H3/b14-12-,17-7-,20-13?. The molecule has 3 heteroatoms. The summed E-state index contributed by atoms with van der Waals surface area (Å²) in [5.41, 5.74) is 2.47. The van der Waals surface area contributed by atoms with Crippen molar-refractivity contribution in [2.45, 2.75) is 39.8 Å². The largest absolute Gasteiger partial charge is 0.356 e. The van der Waals surface area contributed by atoms with Gasteiger partial charge in [0.15, 0.2) is 0 Å². The molecule has 0 radical (unpaired) electrons. The van der Waals surface area contributed by atoms with Crippen molar-refractivity contribution < 1.29 is 4.39 Å². The number of allylic oxidation sites excluding steroid dienone is 3. The number of anilines is 1. The summed E-state index contributed by atoms with van der Waals surface area (Å²) in [6, 6.07) is 7.44. The number of nitrogens with one attached hydrogen (secondary N) is 1. The Morgan fingerprint density at radius 2 is 1.90 bits per heavy atom. The van der Waals surface area contributed by atoms with Crippen molar-refractivity contribution in [3.05, 3.63) is 53.3 Å². The van der Waals surface area contributed by atoms with E-state index in [2.05, 4.69) is 23.3 Å². The summed E-state index contributed by atoms with van der Waals surface area (Å²) in [5, 5.41) is 3.38. The van der Waals surface area contributed by atoms with Gasteiger partial charge in [0.2, 0.25) is 0 Å². The number of nitrogens with zero attached hydrogens (tertiary/aromatic N) is 1. The smallest absolute Gasteiger partial charge is 0.130 e. The van der Waals surface area contributed by atoms with Gasteiger partial charge in [-0.05, 0) is 56.5 Å². The van der Waals surface area contributed by atoms with Gasteiger partial charge in [-0.2, -0.15) is 0 Å². The van der Waals surface area contributed by atoms with Gasteiger partial charge in [-0.1, -0.05) is 25.1 Å². The minimum atomic E-state index is -1.31. The molecule has 21 heavy (non-hydrogen) atoms. The third kappa shape index (κ3) is 5.54. The van der Waals surface area contributed by atoms with E-state index in [1.165, 1.54) is 0 Å². The summed E-state index contributed by atoms with van der Waals surface area (Å²) in [7, 11) is 1.75. The van der Waals surface area contributed by atoms with Crippen molar-refractivity contribution in [1.82, 2.24) is 0 Å². The zero-order valence-corrected chi connectivity index (χ0v) is 13.6. The van der Waals surface area contributed by atoms with E-state index in [9.17, 15) is 4.39 Å². The van der Waals surface area contributed by atoms with Crippen LogP contribution in [0, 0.1) is 0 Å². The van der Waals surface area contributed by atoms with Gasteiger partial charge in [-0.25, -0.2) is 4.39 Å². The molecule has 0 heterocycles. The summed E-state index contributed by atoms with van der Waals surface area (Å²) in [6.07, 6.45) is 6.80. The second-order valence-electron chi connectivity index (χ2n) is 5.46. The van der Waals surface area contributed by atoms with Crippen molar-refractivity contribution >= 4 is 11.9 Å². The molecule has 0 atom stereocenters. The Morgan fingerprint density at radius 3 is 2.38 bits per heavy atom. The molecule has 0 aromatic heterocycles. The Bertz CT molecular complexity index is 531. The second kappa shape index (κ2) is 7.77. The van der Waals surface area contributed by atoms with Crippen LogP contribution in [0.5, 0.6) is 0 Å². The summed E-state index contributed by atoms with van der Waals surface area (Å²) in [6.45, 7) is 7.26. The van der Waals surface area contributed by atoms with E-state index >= 15 is 0 Å². The lowest BCUT2D eigenvalue weighted by atomic mass is 10.00. The lowest BCUT2D eigenvalue weighted by molar-refractivity contribution is 0.221. The van der Waals surface area contributed by atoms with Crippen LogP contribution in [-0.4, -0.2) is 13.3 Å². The first-order chi connectivity index (χ1) is 9.88. The predicted molar refractivity (Wildman–Crippen MR) is 90.7 cm³/mol. The molecular formula is C18H25FN2. The van der Waals surface area contributed by atoms with Gasteiger partial charge in [-0.15, -0.1) is 0 Å². The summed E-state index contributed by atoms with van der Waals surface area (Å²) >= 11 is 0. The number of hydrogen-bond donors (Lipinski definition) is 1. The fourth-order valence-corrected chi connectivity index (χ4v) is 1.90. The van der Waals surface area contributed by atoms with Crippen LogP contribution in [-0.2, 0) is 5.67 Å². The molecule has 0 fully saturated rings. The Morgan fingerprint density at radius 1 is 1.29 bits per heavy atom. The number of alkyl halides is 1. The van der Waals surface area contributed by atoms with Gasteiger partial charge >= 0.3 is 0 Å². The van der Waals surface area contributed by atoms with Crippen molar-refractivity contribution in [3.63, 3.8) is 0 Å². The van der Waals surface area contributed by atoms with E-state index in [1.54, 1.807) is 27.1 Å². The molecular weight excluding hydrogens is 263 g/mol. The van der Waals surface area contributed by atoms with Crippen LogP contribution in [0.25, 0.3) is 0 Å². The van der Waals surface area contributed by atoms with Crippen molar-refractivity contribution in [2.75, 3.05) is 12.4 Å². The number of hydrogen-bond acceptors (Lipinski definition) is 2. The fraction of sp³-hybridized carbons (Fsp3) is 0.389. The van der Waals surface area contributed by atoms with Crippen molar-refractivity contribution in [1.29, 1.82) is 0 Å². The predicted octanol–water partition coefficient (Wildman–Crippen LogP) is 5.24. The molecule has 0 saturated heterocycles. The molecule has 0 aliphatic heterocycles. The summed E-state index contributed by atoms with van der Waals surface area (Å²) < 4.78 is 13.8. The van der Waals surface area contributed by atoms with Crippen LogP contribution in [0.2, 0.25) is 0 Å². The normalized spacial score (nSPS) is 13.8. The summed E-state index contributed by atoms with van der Waals surface area (Å²) in [5.74, 6) is 0. The molecule has 0 aliphatic rings. The molecule has 0 saturated carbocycles. The molecule has 0 unspecified atom stereocenters. The number of aliphatic imine (C=N–C) groups is 1. The van der Waals surface area contributed by atoms with Gasteiger partial charge in [0.1, 0.15) is 5.67 Å². The first kappa shape index (κ1) is 17.2. The monoisotopic (exact) mass is 288 g/mol. The minimum Gasteiger partial charge on any atom is -0.356 e. The highest BCUT2D eigenvalue weighted by atomic mass is 19.1. The fourth-order valence-electron chi connectivity index (χ4n) is 1.90. The molecule has 1 rings (SSSR count). The average molecular weight is 288 g/mol. The van der Waals surface area contributed by atoms with E-state index < -0.39 is 5.67 Å². The molecule has 1 N–H and O–H groups in total. The molecule has 0 amide bonds. The first-order valence-electron chi connectivity index (χ1n) is 7.24. The molecule has 114 valence electrons. The Kier molecular flexibility index (Phi) is 6.35. The maximum absolute atomic E-state index is 13.8. The molecule has 1 aromatic rings. The number of benzene rings is 1. The topological polar surface area (TPSA) is 24.4 Å². The van der Waals surface area contributed by atoms with Crippen molar-refractivity contribution in [3.8, 4) is 0 Å². The van der Waals surface area contributed by atoms with E-state index in [-0.39, 0.29) is 0 Å². The molecule has 0 spiro atoms. The van der Waals surface area contributed by atoms with Crippen LogP contribution >= 0.6 is 0 Å². The van der Waals surface area contributed by atoms with E-state index in [1.807, 2.05) is 37.3 Å². The van der Waals surface area contributed by atoms with Crippen molar-refractivity contribution in [2.24, 2.45) is 4.99 Å². The maximum Gasteiger partial charge on any atom is 0.130 e. The van der Waals surface area contributed by atoms with Gasteiger partial charge in [0.05, 0.1) is 0 Å². The van der Waals surface area contributed by atoms with Gasteiger partial charge in [0, 0.05) is 24.6 Å². The quantitative estimate of drug-likeness (QED) is 0.561. The third-order valence-corrected chi connectivity index (χ3v) is 3.16. The van der Waals surface area contributed by atoms with Gasteiger partial charge < -0.3 is 5.32 Å². The lowest BCUT2D eigenvalue weighted by Crippen LogP contribution is -2.09. The first-order valence-corrected chi connectivity index (χ1v) is 7.24.